The summed E-state index contributed by atoms with van der Waals surface area (Å²) in [5, 5.41) is 9.88. The first-order valence-electron chi connectivity index (χ1n) is 7.56. The van der Waals surface area contributed by atoms with Crippen molar-refractivity contribution in [2.24, 2.45) is 0 Å². The fourth-order valence-corrected chi connectivity index (χ4v) is 2.88. The number of phenolic OH excluding ortho intramolecular Hbond substituents is 1. The number of rotatable bonds is 2. The van der Waals surface area contributed by atoms with Crippen molar-refractivity contribution < 1.29 is 5.11 Å². The van der Waals surface area contributed by atoms with E-state index in [2.05, 4.69) is 29.7 Å². The molecule has 3 heteroatoms. The molecular weight excluding hydrogens is 284 g/mol. The highest BCUT2D eigenvalue weighted by atomic mass is 16.3. The van der Waals surface area contributed by atoms with Gasteiger partial charge in [-0.25, -0.2) is 4.98 Å². The third-order valence-corrected chi connectivity index (χ3v) is 3.93. The minimum absolute atomic E-state index is 0.241. The Balaban J connectivity index is 2.08. The number of benzene rings is 3. The summed E-state index contributed by atoms with van der Waals surface area (Å²) in [6.07, 6.45) is 0. The molecule has 3 nitrogen and oxygen atoms in total. The standard InChI is InChI=1S/C20H16N2O/c1-14-6-5-7-15(12-14)20-21-18-11-10-17(23)13-19(18)22(20)16-8-3-2-4-9-16/h2-13,23H,1H3. The van der Waals surface area contributed by atoms with Crippen LogP contribution in [-0.2, 0) is 0 Å². The van der Waals surface area contributed by atoms with Crippen LogP contribution in [0.4, 0.5) is 0 Å². The lowest BCUT2D eigenvalue weighted by atomic mass is 10.1. The second-order valence-electron chi connectivity index (χ2n) is 5.65. The Bertz CT molecular complexity index is 987. The van der Waals surface area contributed by atoms with Crippen molar-refractivity contribution in [3.05, 3.63) is 78.4 Å². The summed E-state index contributed by atoms with van der Waals surface area (Å²) in [7, 11) is 0. The lowest BCUT2D eigenvalue weighted by Crippen LogP contribution is -1.97. The number of imidazole rings is 1. The van der Waals surface area contributed by atoms with E-state index in [0.29, 0.717) is 0 Å². The number of aryl methyl sites for hydroxylation is 1. The number of hydrogen-bond donors (Lipinski definition) is 1. The van der Waals surface area contributed by atoms with E-state index >= 15 is 0 Å². The molecule has 0 radical (unpaired) electrons. The second kappa shape index (κ2) is 5.29. The summed E-state index contributed by atoms with van der Waals surface area (Å²) >= 11 is 0. The topological polar surface area (TPSA) is 38.1 Å². The van der Waals surface area contributed by atoms with Crippen LogP contribution in [0.15, 0.2) is 72.8 Å². The Hall–Kier alpha value is -3.07. The van der Waals surface area contributed by atoms with Crippen LogP contribution in [0.5, 0.6) is 5.75 Å². The van der Waals surface area contributed by atoms with Crippen LogP contribution in [0.3, 0.4) is 0 Å². The molecule has 0 amide bonds. The number of aromatic hydroxyl groups is 1. The molecule has 0 unspecified atom stereocenters. The zero-order valence-corrected chi connectivity index (χ0v) is 12.8. The summed E-state index contributed by atoms with van der Waals surface area (Å²) in [4.78, 5) is 4.79. The van der Waals surface area contributed by atoms with Gasteiger partial charge in [0, 0.05) is 17.3 Å². The SMILES string of the molecule is Cc1cccc(-c2nc3ccc(O)cc3n2-c2ccccc2)c1. The Kier molecular flexibility index (Phi) is 3.12. The Morgan fingerprint density at radius 1 is 0.870 bits per heavy atom. The molecule has 0 aliphatic heterocycles. The van der Waals surface area contributed by atoms with Crippen molar-refractivity contribution in [3.8, 4) is 22.8 Å². The van der Waals surface area contributed by atoms with Crippen molar-refractivity contribution in [2.45, 2.75) is 6.92 Å². The molecule has 4 rings (SSSR count). The Morgan fingerprint density at radius 2 is 1.70 bits per heavy atom. The third kappa shape index (κ3) is 2.36. The first-order chi connectivity index (χ1) is 11.2. The van der Waals surface area contributed by atoms with E-state index in [-0.39, 0.29) is 5.75 Å². The molecule has 3 aromatic carbocycles. The number of hydrogen-bond acceptors (Lipinski definition) is 2. The molecular formula is C20H16N2O. The van der Waals surface area contributed by atoms with Crippen LogP contribution in [0, 0.1) is 6.92 Å². The predicted molar refractivity (Wildman–Crippen MR) is 92.9 cm³/mol. The third-order valence-electron chi connectivity index (χ3n) is 3.93. The van der Waals surface area contributed by atoms with E-state index in [4.69, 9.17) is 4.98 Å². The van der Waals surface area contributed by atoms with E-state index < -0.39 is 0 Å². The molecule has 0 saturated heterocycles. The highest BCUT2D eigenvalue weighted by Gasteiger charge is 2.14. The fraction of sp³-hybridized carbons (Fsp3) is 0.0500. The van der Waals surface area contributed by atoms with Crippen molar-refractivity contribution in [1.82, 2.24) is 9.55 Å². The predicted octanol–water partition coefficient (Wildman–Crippen LogP) is 4.71. The van der Waals surface area contributed by atoms with Gasteiger partial charge in [0.15, 0.2) is 0 Å². The molecule has 1 N–H and O–H groups in total. The molecule has 1 heterocycles. The molecule has 0 fully saturated rings. The van der Waals surface area contributed by atoms with Gasteiger partial charge in [0.05, 0.1) is 11.0 Å². The van der Waals surface area contributed by atoms with Gasteiger partial charge in [-0.15, -0.1) is 0 Å². The van der Waals surface area contributed by atoms with Crippen molar-refractivity contribution in [1.29, 1.82) is 0 Å². The van der Waals surface area contributed by atoms with Gasteiger partial charge in [-0.05, 0) is 37.3 Å². The van der Waals surface area contributed by atoms with Gasteiger partial charge >= 0.3 is 0 Å². The van der Waals surface area contributed by atoms with Crippen LogP contribution in [0.2, 0.25) is 0 Å². The molecule has 112 valence electrons. The van der Waals surface area contributed by atoms with Gasteiger partial charge in [0.25, 0.3) is 0 Å². The summed E-state index contributed by atoms with van der Waals surface area (Å²) in [5.74, 6) is 1.12. The molecule has 0 saturated carbocycles. The number of para-hydroxylation sites is 1. The smallest absolute Gasteiger partial charge is 0.145 e. The number of phenols is 1. The lowest BCUT2D eigenvalue weighted by molar-refractivity contribution is 0.476. The Labute approximate surface area is 134 Å². The average molecular weight is 300 g/mol. The first-order valence-corrected chi connectivity index (χ1v) is 7.56. The maximum absolute atomic E-state index is 9.88. The van der Waals surface area contributed by atoms with Crippen LogP contribution < -0.4 is 0 Å². The van der Waals surface area contributed by atoms with E-state index in [1.807, 2.05) is 42.5 Å². The summed E-state index contributed by atoms with van der Waals surface area (Å²) in [6.45, 7) is 2.07. The van der Waals surface area contributed by atoms with Gasteiger partial charge in [0.1, 0.15) is 11.6 Å². The molecule has 1 aromatic heterocycles. The minimum Gasteiger partial charge on any atom is -0.508 e. The second-order valence-corrected chi connectivity index (χ2v) is 5.65. The van der Waals surface area contributed by atoms with Gasteiger partial charge in [-0.2, -0.15) is 0 Å². The first kappa shape index (κ1) is 13.6. The number of aromatic nitrogens is 2. The monoisotopic (exact) mass is 300 g/mol. The highest BCUT2D eigenvalue weighted by Crippen LogP contribution is 2.30. The minimum atomic E-state index is 0.241. The summed E-state index contributed by atoms with van der Waals surface area (Å²) in [6, 6.07) is 23.7. The van der Waals surface area contributed by atoms with E-state index in [0.717, 1.165) is 28.1 Å². The molecule has 0 aliphatic carbocycles. The van der Waals surface area contributed by atoms with Crippen LogP contribution in [-0.4, -0.2) is 14.7 Å². The van der Waals surface area contributed by atoms with Gasteiger partial charge in [-0.1, -0.05) is 42.0 Å². The van der Waals surface area contributed by atoms with Crippen molar-refractivity contribution >= 4 is 11.0 Å². The number of fused-ring (bicyclic) bond motifs is 1. The normalized spacial score (nSPS) is 11.0. The molecule has 0 spiro atoms. The fourth-order valence-electron chi connectivity index (χ4n) is 2.88. The quantitative estimate of drug-likeness (QED) is 0.582. The van der Waals surface area contributed by atoms with Crippen molar-refractivity contribution in [3.63, 3.8) is 0 Å². The van der Waals surface area contributed by atoms with E-state index in [1.165, 1.54) is 5.56 Å². The maximum atomic E-state index is 9.88. The number of nitrogens with zero attached hydrogens (tertiary/aromatic N) is 2. The molecule has 23 heavy (non-hydrogen) atoms. The van der Waals surface area contributed by atoms with Gasteiger partial charge in [0.2, 0.25) is 0 Å². The van der Waals surface area contributed by atoms with Crippen molar-refractivity contribution in [2.75, 3.05) is 0 Å². The largest absolute Gasteiger partial charge is 0.508 e. The van der Waals surface area contributed by atoms with Crippen LogP contribution >= 0.6 is 0 Å². The molecule has 0 atom stereocenters. The Morgan fingerprint density at radius 3 is 2.48 bits per heavy atom. The molecule has 0 bridgehead atoms. The highest BCUT2D eigenvalue weighted by molar-refractivity contribution is 5.84. The van der Waals surface area contributed by atoms with Gasteiger partial charge in [-0.3, -0.25) is 4.57 Å². The average Bonchev–Trinajstić information content (AvgIpc) is 2.94. The lowest BCUT2D eigenvalue weighted by Gasteiger charge is -2.10. The zero-order valence-electron chi connectivity index (χ0n) is 12.8. The summed E-state index contributed by atoms with van der Waals surface area (Å²) in [5.41, 5.74) is 5.04. The van der Waals surface area contributed by atoms with E-state index in [9.17, 15) is 5.11 Å². The summed E-state index contributed by atoms with van der Waals surface area (Å²) < 4.78 is 2.09. The zero-order chi connectivity index (χ0) is 15.8. The molecule has 4 aromatic rings. The van der Waals surface area contributed by atoms with Gasteiger partial charge < -0.3 is 5.11 Å². The van der Waals surface area contributed by atoms with Crippen LogP contribution in [0.1, 0.15) is 5.56 Å². The maximum Gasteiger partial charge on any atom is 0.145 e. The van der Waals surface area contributed by atoms with E-state index in [1.54, 1.807) is 12.1 Å². The van der Waals surface area contributed by atoms with Crippen LogP contribution in [0.25, 0.3) is 28.1 Å². The molecule has 0 aliphatic rings.